The molecule has 1 aromatic heterocycles. The van der Waals surface area contributed by atoms with E-state index < -0.39 is 5.97 Å². The lowest BCUT2D eigenvalue weighted by Crippen LogP contribution is -2.26. The van der Waals surface area contributed by atoms with Crippen molar-refractivity contribution in [3.63, 3.8) is 0 Å². The molecule has 0 aliphatic heterocycles. The first-order chi connectivity index (χ1) is 8.06. The number of carboxylic acids is 1. The van der Waals surface area contributed by atoms with E-state index >= 15 is 0 Å². The molecule has 0 aromatic carbocycles. The quantitative estimate of drug-likeness (QED) is 0.840. The number of rotatable bonds is 5. The SMILES string of the molecule is CC(NC(=O)CC1CC1)c1nc(C(=O)O)cs1. The lowest BCUT2D eigenvalue weighted by molar-refractivity contribution is -0.122. The fourth-order valence-electron chi connectivity index (χ4n) is 1.53. The number of hydrogen-bond donors (Lipinski definition) is 2. The van der Waals surface area contributed by atoms with Crippen LogP contribution in [0.3, 0.4) is 0 Å². The second-order valence-electron chi connectivity index (χ2n) is 4.31. The zero-order valence-electron chi connectivity index (χ0n) is 9.47. The molecule has 0 saturated heterocycles. The summed E-state index contributed by atoms with van der Waals surface area (Å²) < 4.78 is 0. The number of nitrogens with one attached hydrogen (secondary N) is 1. The van der Waals surface area contributed by atoms with Crippen LogP contribution in [0.4, 0.5) is 0 Å². The van der Waals surface area contributed by atoms with Gasteiger partial charge in [0.15, 0.2) is 5.69 Å². The van der Waals surface area contributed by atoms with E-state index in [9.17, 15) is 9.59 Å². The predicted molar refractivity (Wildman–Crippen MR) is 63.0 cm³/mol. The van der Waals surface area contributed by atoms with Crippen molar-refractivity contribution in [2.24, 2.45) is 5.92 Å². The molecule has 92 valence electrons. The molecule has 1 aliphatic rings. The van der Waals surface area contributed by atoms with E-state index in [1.165, 1.54) is 16.7 Å². The van der Waals surface area contributed by atoms with Gasteiger partial charge in [0.05, 0.1) is 6.04 Å². The zero-order valence-corrected chi connectivity index (χ0v) is 10.3. The molecule has 17 heavy (non-hydrogen) atoms. The summed E-state index contributed by atoms with van der Waals surface area (Å²) in [5.74, 6) is -0.468. The van der Waals surface area contributed by atoms with E-state index in [0.29, 0.717) is 17.3 Å². The Kier molecular flexibility index (Phi) is 3.42. The van der Waals surface area contributed by atoms with E-state index in [-0.39, 0.29) is 17.6 Å². The Morgan fingerprint density at radius 2 is 2.35 bits per heavy atom. The Balaban J connectivity index is 1.90. The number of nitrogens with zero attached hydrogens (tertiary/aromatic N) is 1. The molecular weight excluding hydrogens is 240 g/mol. The Morgan fingerprint density at radius 3 is 2.88 bits per heavy atom. The normalized spacial score (nSPS) is 16.5. The summed E-state index contributed by atoms with van der Waals surface area (Å²) in [6, 6.07) is -0.223. The molecule has 2 rings (SSSR count). The summed E-state index contributed by atoms with van der Waals surface area (Å²) in [6.45, 7) is 1.81. The molecule has 1 amide bonds. The summed E-state index contributed by atoms with van der Waals surface area (Å²) in [5, 5.41) is 13.7. The Labute approximate surface area is 103 Å². The topological polar surface area (TPSA) is 79.3 Å². The third kappa shape index (κ3) is 3.26. The van der Waals surface area contributed by atoms with Crippen LogP contribution in [0.1, 0.15) is 47.7 Å². The van der Waals surface area contributed by atoms with Crippen LogP contribution in [-0.2, 0) is 4.79 Å². The van der Waals surface area contributed by atoms with Gasteiger partial charge in [-0.1, -0.05) is 0 Å². The van der Waals surface area contributed by atoms with E-state index in [1.807, 2.05) is 6.92 Å². The highest BCUT2D eigenvalue weighted by Gasteiger charge is 2.25. The number of carboxylic acid groups (broad SMARTS) is 1. The van der Waals surface area contributed by atoms with Crippen LogP contribution in [0.15, 0.2) is 5.38 Å². The van der Waals surface area contributed by atoms with Crippen LogP contribution < -0.4 is 5.32 Å². The predicted octanol–water partition coefficient (Wildman–Crippen LogP) is 1.82. The smallest absolute Gasteiger partial charge is 0.355 e. The number of thiazole rings is 1. The molecule has 1 atom stereocenters. The van der Waals surface area contributed by atoms with E-state index in [1.54, 1.807) is 0 Å². The molecule has 6 heteroatoms. The molecule has 5 nitrogen and oxygen atoms in total. The highest BCUT2D eigenvalue weighted by atomic mass is 32.1. The van der Waals surface area contributed by atoms with Crippen molar-refractivity contribution in [3.8, 4) is 0 Å². The molecule has 1 fully saturated rings. The van der Waals surface area contributed by atoms with Crippen LogP contribution in [-0.4, -0.2) is 22.0 Å². The van der Waals surface area contributed by atoms with Gasteiger partial charge in [-0.05, 0) is 25.7 Å². The van der Waals surface area contributed by atoms with Gasteiger partial charge >= 0.3 is 5.97 Å². The van der Waals surface area contributed by atoms with Gasteiger partial charge in [-0.3, -0.25) is 4.79 Å². The minimum absolute atomic E-state index is 0.0204. The van der Waals surface area contributed by atoms with Crippen molar-refractivity contribution < 1.29 is 14.7 Å². The van der Waals surface area contributed by atoms with E-state index in [4.69, 9.17) is 5.11 Å². The average molecular weight is 254 g/mol. The second-order valence-corrected chi connectivity index (χ2v) is 5.20. The van der Waals surface area contributed by atoms with Gasteiger partial charge in [-0.2, -0.15) is 0 Å². The van der Waals surface area contributed by atoms with Crippen molar-refractivity contribution in [2.45, 2.75) is 32.2 Å². The van der Waals surface area contributed by atoms with Gasteiger partial charge in [0.25, 0.3) is 0 Å². The molecule has 0 spiro atoms. The summed E-state index contributed by atoms with van der Waals surface area (Å²) in [5.41, 5.74) is 0.0355. The van der Waals surface area contributed by atoms with Crippen LogP contribution in [0.5, 0.6) is 0 Å². The maximum atomic E-state index is 11.6. The maximum Gasteiger partial charge on any atom is 0.355 e. The summed E-state index contributed by atoms with van der Waals surface area (Å²) in [7, 11) is 0. The molecule has 1 unspecified atom stereocenters. The molecule has 1 aliphatic carbocycles. The summed E-state index contributed by atoms with van der Waals surface area (Å²) in [6.07, 6.45) is 2.85. The molecule has 2 N–H and O–H groups in total. The van der Waals surface area contributed by atoms with E-state index in [0.717, 1.165) is 12.8 Å². The number of carbonyl (C=O) groups is 2. The second kappa shape index (κ2) is 4.83. The minimum atomic E-state index is -1.04. The fraction of sp³-hybridized carbons (Fsp3) is 0.545. The lowest BCUT2D eigenvalue weighted by Gasteiger charge is -2.10. The maximum absolute atomic E-state index is 11.6. The largest absolute Gasteiger partial charge is 0.476 e. The number of hydrogen-bond acceptors (Lipinski definition) is 4. The Bertz CT molecular complexity index is 440. The minimum Gasteiger partial charge on any atom is -0.476 e. The summed E-state index contributed by atoms with van der Waals surface area (Å²) >= 11 is 1.26. The molecule has 0 radical (unpaired) electrons. The molecule has 1 saturated carbocycles. The zero-order chi connectivity index (χ0) is 12.4. The first-order valence-corrected chi connectivity index (χ1v) is 6.42. The first-order valence-electron chi connectivity index (χ1n) is 5.54. The van der Waals surface area contributed by atoms with Gasteiger partial charge in [0.1, 0.15) is 5.01 Å². The number of aromatic nitrogens is 1. The average Bonchev–Trinajstić information content (AvgIpc) is 2.92. The van der Waals surface area contributed by atoms with Crippen molar-refractivity contribution in [3.05, 3.63) is 16.1 Å². The number of amides is 1. The number of aromatic carboxylic acids is 1. The Morgan fingerprint density at radius 1 is 1.65 bits per heavy atom. The highest BCUT2D eigenvalue weighted by molar-refractivity contribution is 7.09. The van der Waals surface area contributed by atoms with Crippen molar-refractivity contribution in [1.82, 2.24) is 10.3 Å². The molecular formula is C11H14N2O3S. The number of carbonyl (C=O) groups excluding carboxylic acids is 1. The van der Waals surface area contributed by atoms with Gasteiger partial charge in [0.2, 0.25) is 5.91 Å². The molecule has 1 aromatic rings. The van der Waals surface area contributed by atoms with Crippen molar-refractivity contribution in [1.29, 1.82) is 0 Å². The van der Waals surface area contributed by atoms with Crippen LogP contribution in [0.25, 0.3) is 0 Å². The van der Waals surface area contributed by atoms with Crippen LogP contribution >= 0.6 is 11.3 Å². The Hall–Kier alpha value is -1.43. The first kappa shape index (κ1) is 12.0. The highest BCUT2D eigenvalue weighted by Crippen LogP contribution is 2.32. The summed E-state index contributed by atoms with van der Waals surface area (Å²) in [4.78, 5) is 26.2. The third-order valence-electron chi connectivity index (χ3n) is 2.66. The molecule has 0 bridgehead atoms. The monoisotopic (exact) mass is 254 g/mol. The van der Waals surface area contributed by atoms with Crippen LogP contribution in [0, 0.1) is 5.92 Å². The fourth-order valence-corrected chi connectivity index (χ4v) is 2.33. The third-order valence-corrected chi connectivity index (χ3v) is 3.69. The van der Waals surface area contributed by atoms with Gasteiger partial charge in [-0.15, -0.1) is 11.3 Å². The lowest BCUT2D eigenvalue weighted by atomic mass is 10.2. The van der Waals surface area contributed by atoms with Crippen molar-refractivity contribution >= 4 is 23.2 Å². The van der Waals surface area contributed by atoms with Gasteiger partial charge in [0, 0.05) is 11.8 Å². The van der Waals surface area contributed by atoms with Crippen LogP contribution in [0.2, 0.25) is 0 Å². The van der Waals surface area contributed by atoms with Gasteiger partial charge in [-0.25, -0.2) is 9.78 Å². The van der Waals surface area contributed by atoms with Crippen molar-refractivity contribution in [2.75, 3.05) is 0 Å². The van der Waals surface area contributed by atoms with Gasteiger partial charge < -0.3 is 10.4 Å². The standard InChI is InChI=1S/C11H14N2O3S/c1-6(12-9(14)4-7-2-3-7)10-13-8(5-17-10)11(15)16/h5-7H,2-4H2,1H3,(H,12,14)(H,15,16). The molecule has 1 heterocycles. The van der Waals surface area contributed by atoms with E-state index in [2.05, 4.69) is 10.3 Å².